The molecule has 0 bridgehead atoms. The molecule has 386 valence electrons. The number of azo groups is 1. The van der Waals surface area contributed by atoms with Gasteiger partial charge < -0.3 is 21.1 Å². The summed E-state index contributed by atoms with van der Waals surface area (Å²) in [5, 5.41) is 25.2. The Morgan fingerprint density at radius 2 is 1.14 bits per heavy atom. The number of hydrogen-bond acceptors (Lipinski definition) is 25. The van der Waals surface area contributed by atoms with Crippen molar-refractivity contribution in [2.75, 3.05) is 58.1 Å². The van der Waals surface area contributed by atoms with E-state index in [9.17, 15) is 77.9 Å². The topological polar surface area (TPSA) is 475 Å². The first-order valence-corrected chi connectivity index (χ1v) is 30.0. The predicted molar refractivity (Wildman–Crippen MR) is 243 cm³/mol. The van der Waals surface area contributed by atoms with Crippen molar-refractivity contribution < 1.29 is 95.4 Å². The molecule has 0 atom stereocenters. The summed E-state index contributed by atoms with van der Waals surface area (Å²) in [7, 11) is -33.7. The molecule has 39 heteroatoms. The van der Waals surface area contributed by atoms with Crippen LogP contribution in [0.25, 0.3) is 0 Å². The van der Waals surface area contributed by atoms with Gasteiger partial charge in [0, 0.05) is 18.0 Å². The summed E-state index contributed by atoms with van der Waals surface area (Å²) < 4.78 is 213. The molecule has 1 aromatic heterocycles. The van der Waals surface area contributed by atoms with Crippen molar-refractivity contribution in [3.05, 3.63) is 53.8 Å². The summed E-state index contributed by atoms with van der Waals surface area (Å²) in [5.74, 6) is -6.48. The fourth-order valence-electron chi connectivity index (χ4n) is 5.27. The van der Waals surface area contributed by atoms with Crippen LogP contribution in [0.5, 0.6) is 5.75 Å². The average Bonchev–Trinajstić information content (AvgIpc) is 3.19. The van der Waals surface area contributed by atoms with Gasteiger partial charge in [0.05, 0.1) is 57.4 Å². The van der Waals surface area contributed by atoms with Crippen molar-refractivity contribution in [1.82, 2.24) is 15.0 Å². The van der Waals surface area contributed by atoms with Crippen LogP contribution < -0.4 is 16.0 Å². The van der Waals surface area contributed by atoms with Gasteiger partial charge in [-0.25, -0.2) is 33.6 Å². The van der Waals surface area contributed by atoms with E-state index in [0.29, 0.717) is 18.2 Å². The zero-order chi connectivity index (χ0) is 52.7. The van der Waals surface area contributed by atoms with E-state index in [-0.39, 0.29) is 35.1 Å². The van der Waals surface area contributed by atoms with E-state index >= 15 is 0 Å². The van der Waals surface area contributed by atoms with Crippen LogP contribution >= 0.6 is 23.2 Å². The van der Waals surface area contributed by atoms with Crippen molar-refractivity contribution in [3.63, 3.8) is 0 Å². The maximum absolute atomic E-state index is 13.1. The molecule has 0 spiro atoms. The molecule has 0 aliphatic heterocycles. The third-order valence-corrected chi connectivity index (χ3v) is 16.6. The number of nitrogens with one attached hydrogen (secondary N) is 3. The number of phenols is 1. The minimum Gasteiger partial charge on any atom is -0.504 e. The van der Waals surface area contributed by atoms with Crippen LogP contribution in [0.2, 0.25) is 5.28 Å². The number of amides is 1. The number of hydrogen-bond donors (Lipinski definition) is 8. The quantitative estimate of drug-likeness (QED) is 0.0204. The smallest absolute Gasteiger partial charge is 0.397 e. The molecule has 0 aliphatic rings. The highest BCUT2D eigenvalue weighted by atomic mass is 35.5. The minimum atomic E-state index is -5.38. The normalized spacial score (nSPS) is 13.1. The number of anilines is 5. The third kappa shape index (κ3) is 17.8. The molecule has 70 heavy (non-hydrogen) atoms. The van der Waals surface area contributed by atoms with Crippen LogP contribution in [0.3, 0.4) is 0 Å². The van der Waals surface area contributed by atoms with Crippen LogP contribution in [0, 0.1) is 0 Å². The summed E-state index contributed by atoms with van der Waals surface area (Å²) in [5.41, 5.74) is -2.06. The number of carbonyl (C=O) groups excluding carboxylic acids is 1. The van der Waals surface area contributed by atoms with Crippen LogP contribution in [0.15, 0.2) is 78.3 Å². The van der Waals surface area contributed by atoms with Gasteiger partial charge in [-0.15, -0.1) is 21.8 Å². The molecule has 4 rings (SSSR count). The predicted octanol–water partition coefficient (Wildman–Crippen LogP) is 2.19. The molecule has 30 nitrogen and oxygen atoms in total. The number of halogens is 2. The Balaban J connectivity index is 1.74. The number of nitrogens with zero attached hydrogens (tertiary/aromatic N) is 5. The number of rotatable bonds is 25. The Kier molecular flexibility index (Phi) is 18.7. The molecule has 0 fully saturated rings. The molecule has 4 aromatic rings. The lowest BCUT2D eigenvalue weighted by atomic mass is 10.2. The number of phenolic OH excluding ortho intramolecular Hbond substituents is 1. The Morgan fingerprint density at radius 1 is 0.614 bits per heavy atom. The highest BCUT2D eigenvalue weighted by Gasteiger charge is 2.27. The zero-order valence-corrected chi connectivity index (χ0v) is 41.7. The summed E-state index contributed by atoms with van der Waals surface area (Å²) >= 11 is 11.6. The van der Waals surface area contributed by atoms with E-state index in [4.69, 9.17) is 32.3 Å². The number of sulfone groups is 3. The van der Waals surface area contributed by atoms with E-state index in [1.165, 1.54) is 6.07 Å². The first-order valence-electron chi connectivity index (χ1n) is 18.3. The first-order chi connectivity index (χ1) is 32.1. The van der Waals surface area contributed by atoms with Crippen LogP contribution in [-0.4, -0.2) is 145 Å². The Hall–Kier alpha value is -4.87. The fraction of sp³-hybridized carbons (Fsp3) is 0.290. The summed E-state index contributed by atoms with van der Waals surface area (Å²) in [6.45, 7) is -2.23. The molecule has 0 saturated heterocycles. The molecule has 0 saturated carbocycles. The van der Waals surface area contributed by atoms with Crippen molar-refractivity contribution >= 4 is 140 Å². The van der Waals surface area contributed by atoms with Gasteiger partial charge in [0.15, 0.2) is 35.3 Å². The lowest BCUT2D eigenvalue weighted by Crippen LogP contribution is -2.16. The van der Waals surface area contributed by atoms with Gasteiger partial charge >= 0.3 is 20.8 Å². The number of aromatic hydroxyl groups is 1. The van der Waals surface area contributed by atoms with Gasteiger partial charge in [0.25, 0.3) is 20.2 Å². The van der Waals surface area contributed by atoms with E-state index < -0.39 is 167 Å². The van der Waals surface area contributed by atoms with E-state index in [0.717, 1.165) is 24.3 Å². The largest absolute Gasteiger partial charge is 0.504 e. The Bertz CT molecular complexity index is 3510. The lowest BCUT2D eigenvalue weighted by molar-refractivity contribution is -0.116. The van der Waals surface area contributed by atoms with Gasteiger partial charge in [-0.05, 0) is 66.6 Å². The van der Waals surface area contributed by atoms with Crippen LogP contribution in [0.4, 0.5) is 40.3 Å². The van der Waals surface area contributed by atoms with E-state index in [1.54, 1.807) is 0 Å². The molecule has 0 unspecified atom stereocenters. The van der Waals surface area contributed by atoms with Crippen LogP contribution in [0.1, 0.15) is 12.8 Å². The SMILES string of the molecule is O=C(CCCS(=O)(=O)CCCl)Nc1cc(Nc2nc(Cl)nc(Nc3cc(S(=O)(=O)CCOS(=O)(=O)O)cc(S(=O)(=O)O)c3O)n2)ccc1N=Nc1ccc(S(=O)(=O)CCOS(=O)(=O)O)cc1S(=O)(=O)O. The number of benzene rings is 3. The summed E-state index contributed by atoms with van der Waals surface area (Å²) in [6, 6.07) is 6.49. The zero-order valence-electron chi connectivity index (χ0n) is 34.5. The Labute approximate surface area is 408 Å². The second kappa shape index (κ2) is 22.7. The molecule has 1 heterocycles. The highest BCUT2D eigenvalue weighted by molar-refractivity contribution is 7.92. The highest BCUT2D eigenvalue weighted by Crippen LogP contribution is 2.37. The number of alkyl halides is 1. The lowest BCUT2D eigenvalue weighted by Gasteiger charge is -2.14. The molecule has 1 amide bonds. The van der Waals surface area contributed by atoms with Crippen molar-refractivity contribution in [2.45, 2.75) is 32.4 Å². The van der Waals surface area contributed by atoms with Gasteiger partial charge in [0.2, 0.25) is 23.1 Å². The van der Waals surface area contributed by atoms with Crippen LogP contribution in [-0.2, 0) is 83.7 Å². The summed E-state index contributed by atoms with van der Waals surface area (Å²) in [6.07, 6.45) is -0.592. The molecular formula is C31H34Cl2N8O22S7. The third-order valence-electron chi connectivity index (χ3n) is 8.32. The van der Waals surface area contributed by atoms with Crippen molar-refractivity contribution in [2.24, 2.45) is 10.2 Å². The molecule has 0 aliphatic carbocycles. The minimum absolute atomic E-state index is 0.0463. The molecule has 8 N–H and O–H groups in total. The molecule has 3 aromatic carbocycles. The monoisotopic (exact) mass is 1160 g/mol. The van der Waals surface area contributed by atoms with Crippen molar-refractivity contribution in [3.8, 4) is 5.75 Å². The van der Waals surface area contributed by atoms with Gasteiger partial charge in [-0.2, -0.15) is 48.6 Å². The second-order valence-corrected chi connectivity index (χ2v) is 25.7. The number of aromatic nitrogens is 3. The van der Waals surface area contributed by atoms with Crippen molar-refractivity contribution in [1.29, 1.82) is 0 Å². The maximum atomic E-state index is 13.1. The van der Waals surface area contributed by atoms with Gasteiger partial charge in [-0.1, -0.05) is 0 Å². The number of carbonyl (C=O) groups is 1. The molecular weight excluding hydrogens is 1130 g/mol. The van der Waals surface area contributed by atoms with E-state index in [1.807, 2.05) is 0 Å². The summed E-state index contributed by atoms with van der Waals surface area (Å²) in [4.78, 5) is 20.5. The van der Waals surface area contributed by atoms with Gasteiger partial charge in [-0.3, -0.25) is 23.0 Å². The van der Waals surface area contributed by atoms with Gasteiger partial charge in [0.1, 0.15) is 21.2 Å². The molecule has 0 radical (unpaired) electrons. The first kappa shape index (κ1) is 57.7. The standard InChI is InChI=1S/C31H34Cl2N8O22S7/c32-7-11-64(44,45)10-1-2-27(42)35-23-14-18(3-5-21(23)40-41-22-6-4-19(16-25(22)67(50,51)52)65(46,47)12-8-62-69(56,57)58)34-30-37-29(33)38-31(39-30)36-24-15-20(17-26(28(24)43)68(53,54)55)66(48,49)13-9-63-70(59,60)61/h3-6,14-17,43H,1-2,7-13H2,(H,35,42)(H,50,51,52)(H,53,54,55)(H,56,57,58)(H,59,60,61)(H2,34,36,37,38,39). The fourth-order valence-corrected chi connectivity index (χ4v) is 11.6. The second-order valence-electron chi connectivity index (χ2n) is 13.5. The Morgan fingerprint density at radius 3 is 1.70 bits per heavy atom. The maximum Gasteiger partial charge on any atom is 0.397 e. The van der Waals surface area contributed by atoms with E-state index in [2.05, 4.69) is 49.5 Å². The average molecular weight is 1170 g/mol.